The Bertz CT molecular complexity index is 485. The second-order valence-electron chi connectivity index (χ2n) is 2.66. The van der Waals surface area contributed by atoms with Crippen LogP contribution in [0.25, 0.3) is 6.08 Å². The number of nitrogens with zero attached hydrogens (tertiary/aromatic N) is 2. The van der Waals surface area contributed by atoms with E-state index in [1.807, 2.05) is 0 Å². The zero-order valence-corrected chi connectivity index (χ0v) is 9.21. The van der Waals surface area contributed by atoms with Crippen molar-refractivity contribution in [1.29, 1.82) is 0 Å². The number of aliphatic hydroxyl groups excluding tert-OH is 1. The van der Waals surface area contributed by atoms with Gasteiger partial charge in [0.1, 0.15) is 10.8 Å². The minimum atomic E-state index is -1.57. The Balaban J connectivity index is 3.31. The highest BCUT2D eigenvalue weighted by Crippen LogP contribution is 2.22. The first kappa shape index (κ1) is 12.1. The summed E-state index contributed by atoms with van der Waals surface area (Å²) >= 11 is 2.98. The molecule has 0 fully saturated rings. The van der Waals surface area contributed by atoms with Gasteiger partial charge in [-0.2, -0.15) is 0 Å². The normalized spacial score (nSPS) is 11.2. The molecule has 1 aromatic rings. The highest BCUT2D eigenvalue weighted by Gasteiger charge is 2.15. The van der Waals surface area contributed by atoms with E-state index < -0.39 is 22.3 Å². The van der Waals surface area contributed by atoms with Gasteiger partial charge in [0.15, 0.2) is 0 Å². The topological polar surface area (TPSA) is 114 Å². The first-order chi connectivity index (χ1) is 7.41. The molecule has 1 rings (SSSR count). The Kier molecular flexibility index (Phi) is 3.56. The molecule has 0 bridgehead atoms. The van der Waals surface area contributed by atoms with Crippen molar-refractivity contribution in [3.05, 3.63) is 38.3 Å². The van der Waals surface area contributed by atoms with Gasteiger partial charge in [-0.05, 0) is 22.0 Å². The average Bonchev–Trinajstić information content (AvgIpc) is 2.16. The summed E-state index contributed by atoms with van der Waals surface area (Å²) < 4.78 is 0.294. The molecular weight excluding hydrogens is 284 g/mol. The second-order valence-corrected chi connectivity index (χ2v) is 3.47. The molecule has 0 saturated heterocycles. The van der Waals surface area contributed by atoms with Gasteiger partial charge in [0.25, 0.3) is 5.69 Å². The summed E-state index contributed by atoms with van der Waals surface area (Å²) in [6.45, 7) is 0. The van der Waals surface area contributed by atoms with Crippen molar-refractivity contribution in [3.63, 3.8) is 0 Å². The SMILES string of the molecule is O=C(O)/C(O)=C/c1cc(Br)ncc1[N+](=O)[O-]. The van der Waals surface area contributed by atoms with Gasteiger partial charge in [-0.25, -0.2) is 9.78 Å². The Morgan fingerprint density at radius 3 is 2.69 bits per heavy atom. The lowest BCUT2D eigenvalue weighted by Crippen LogP contribution is -2.00. The summed E-state index contributed by atoms with van der Waals surface area (Å²) in [5, 5.41) is 28.0. The molecule has 84 valence electrons. The largest absolute Gasteiger partial charge is 0.502 e. The molecule has 0 atom stereocenters. The van der Waals surface area contributed by atoms with E-state index in [9.17, 15) is 14.9 Å². The molecule has 0 spiro atoms. The zero-order valence-electron chi connectivity index (χ0n) is 7.62. The molecular formula is C8H5BrN2O5. The van der Waals surface area contributed by atoms with Crippen LogP contribution in [0, 0.1) is 10.1 Å². The van der Waals surface area contributed by atoms with E-state index in [4.69, 9.17) is 10.2 Å². The Morgan fingerprint density at radius 2 is 2.19 bits per heavy atom. The average molecular weight is 289 g/mol. The number of carboxylic acids is 1. The molecule has 0 aromatic carbocycles. The van der Waals surface area contributed by atoms with Gasteiger partial charge in [-0.3, -0.25) is 10.1 Å². The van der Waals surface area contributed by atoms with E-state index in [1.54, 1.807) is 0 Å². The van der Waals surface area contributed by atoms with Gasteiger partial charge in [0, 0.05) is 6.08 Å². The van der Waals surface area contributed by atoms with Crippen LogP contribution in [0.3, 0.4) is 0 Å². The summed E-state index contributed by atoms with van der Waals surface area (Å²) in [5.74, 6) is -2.55. The summed E-state index contributed by atoms with van der Waals surface area (Å²) in [6.07, 6.45) is 1.75. The molecule has 0 aliphatic heterocycles. The molecule has 0 amide bonds. The van der Waals surface area contributed by atoms with Crippen LogP contribution in [0.2, 0.25) is 0 Å². The third-order valence-electron chi connectivity index (χ3n) is 1.59. The Hall–Kier alpha value is -1.96. The summed E-state index contributed by atoms with van der Waals surface area (Å²) in [5.41, 5.74) is -0.442. The zero-order chi connectivity index (χ0) is 12.3. The van der Waals surface area contributed by atoms with Crippen LogP contribution in [0.1, 0.15) is 5.56 Å². The van der Waals surface area contributed by atoms with E-state index in [0.29, 0.717) is 4.60 Å². The van der Waals surface area contributed by atoms with Crippen molar-refractivity contribution in [1.82, 2.24) is 4.98 Å². The Labute approximate surface area is 97.3 Å². The standard InChI is InChI=1S/C8H5BrN2O5/c9-7-2-4(1-6(12)8(13)14)5(3-10-7)11(15)16/h1-3,12H,(H,13,14)/b6-1-. The quantitative estimate of drug-likeness (QED) is 0.288. The first-order valence-corrected chi connectivity index (χ1v) is 4.65. The van der Waals surface area contributed by atoms with Crippen molar-refractivity contribution in [2.24, 2.45) is 0 Å². The number of hydrogen-bond acceptors (Lipinski definition) is 5. The predicted molar refractivity (Wildman–Crippen MR) is 56.8 cm³/mol. The van der Waals surface area contributed by atoms with Gasteiger partial charge >= 0.3 is 5.97 Å². The fourth-order valence-corrected chi connectivity index (χ4v) is 1.26. The number of nitro groups is 1. The maximum atomic E-state index is 10.6. The summed E-state index contributed by atoms with van der Waals surface area (Å²) in [6, 6.07) is 1.23. The molecule has 1 aromatic heterocycles. The number of hydrogen-bond donors (Lipinski definition) is 2. The third-order valence-corrected chi connectivity index (χ3v) is 2.02. The van der Waals surface area contributed by atoms with Crippen LogP contribution in [-0.2, 0) is 4.79 Å². The van der Waals surface area contributed by atoms with E-state index in [1.165, 1.54) is 6.07 Å². The van der Waals surface area contributed by atoms with Crippen molar-refractivity contribution in [2.75, 3.05) is 0 Å². The van der Waals surface area contributed by atoms with Crippen molar-refractivity contribution >= 4 is 33.7 Å². The van der Waals surface area contributed by atoms with Crippen LogP contribution in [0.15, 0.2) is 22.6 Å². The van der Waals surface area contributed by atoms with E-state index in [-0.39, 0.29) is 5.56 Å². The van der Waals surface area contributed by atoms with Crippen molar-refractivity contribution in [2.45, 2.75) is 0 Å². The molecule has 7 nitrogen and oxygen atoms in total. The van der Waals surface area contributed by atoms with Crippen LogP contribution in [0.4, 0.5) is 5.69 Å². The van der Waals surface area contributed by atoms with E-state index >= 15 is 0 Å². The molecule has 16 heavy (non-hydrogen) atoms. The lowest BCUT2D eigenvalue weighted by atomic mass is 10.2. The van der Waals surface area contributed by atoms with Gasteiger partial charge < -0.3 is 10.2 Å². The minimum Gasteiger partial charge on any atom is -0.502 e. The molecule has 0 aliphatic rings. The highest BCUT2D eigenvalue weighted by molar-refractivity contribution is 9.10. The second kappa shape index (κ2) is 4.71. The van der Waals surface area contributed by atoms with Crippen LogP contribution in [0.5, 0.6) is 0 Å². The molecule has 0 radical (unpaired) electrons. The van der Waals surface area contributed by atoms with E-state index in [2.05, 4.69) is 20.9 Å². The van der Waals surface area contributed by atoms with Crippen molar-refractivity contribution < 1.29 is 19.9 Å². The number of halogens is 1. The number of pyridine rings is 1. The monoisotopic (exact) mass is 288 g/mol. The number of aromatic nitrogens is 1. The molecule has 0 aliphatic carbocycles. The first-order valence-electron chi connectivity index (χ1n) is 3.85. The van der Waals surface area contributed by atoms with Gasteiger partial charge in [-0.15, -0.1) is 0 Å². The number of aliphatic hydroxyl groups is 1. The molecule has 1 heterocycles. The number of carbonyl (C=O) groups is 1. The fourth-order valence-electron chi connectivity index (χ4n) is 0.914. The molecule has 0 unspecified atom stereocenters. The Morgan fingerprint density at radius 1 is 1.56 bits per heavy atom. The molecule has 2 N–H and O–H groups in total. The number of carboxylic acid groups (broad SMARTS) is 1. The van der Waals surface area contributed by atoms with E-state index in [0.717, 1.165) is 12.3 Å². The van der Waals surface area contributed by atoms with Crippen molar-refractivity contribution in [3.8, 4) is 0 Å². The summed E-state index contributed by atoms with van der Waals surface area (Å²) in [4.78, 5) is 23.8. The van der Waals surface area contributed by atoms with Gasteiger partial charge in [0.05, 0.1) is 10.5 Å². The minimum absolute atomic E-state index is 0.0493. The molecule has 0 saturated carbocycles. The maximum Gasteiger partial charge on any atom is 0.370 e. The smallest absolute Gasteiger partial charge is 0.370 e. The lowest BCUT2D eigenvalue weighted by molar-refractivity contribution is -0.385. The third kappa shape index (κ3) is 2.76. The van der Waals surface area contributed by atoms with Gasteiger partial charge in [-0.1, -0.05) is 0 Å². The van der Waals surface area contributed by atoms with Gasteiger partial charge in [0.2, 0.25) is 5.76 Å². The number of aliphatic carboxylic acids is 1. The van der Waals surface area contributed by atoms with Crippen LogP contribution in [-0.4, -0.2) is 26.1 Å². The van der Waals surface area contributed by atoms with Crippen LogP contribution >= 0.6 is 15.9 Å². The fraction of sp³-hybridized carbons (Fsp3) is 0. The maximum absolute atomic E-state index is 10.6. The summed E-state index contributed by atoms with van der Waals surface area (Å²) in [7, 11) is 0. The highest BCUT2D eigenvalue weighted by atomic mass is 79.9. The predicted octanol–water partition coefficient (Wildman–Crippen LogP) is 1.74. The van der Waals surface area contributed by atoms with Crippen LogP contribution < -0.4 is 0 Å². The lowest BCUT2D eigenvalue weighted by Gasteiger charge is -1.98. The number of rotatable bonds is 3. The molecule has 8 heteroatoms.